The lowest BCUT2D eigenvalue weighted by molar-refractivity contribution is -0.140. The number of halogens is 5. The van der Waals surface area contributed by atoms with Gasteiger partial charge in [0.25, 0.3) is 5.56 Å². The van der Waals surface area contributed by atoms with E-state index in [1.807, 2.05) is 0 Å². The molecule has 5 aromatic rings. The van der Waals surface area contributed by atoms with Crippen molar-refractivity contribution in [3.63, 3.8) is 0 Å². The van der Waals surface area contributed by atoms with E-state index in [0.717, 1.165) is 15.9 Å². The zero-order chi connectivity index (χ0) is 34.2. The monoisotopic (exact) mass is 740 g/mol. The average Bonchev–Trinajstić information content (AvgIpc) is 3.37. The molecule has 6 rings (SSSR count). The van der Waals surface area contributed by atoms with Crippen molar-refractivity contribution in [3.05, 3.63) is 137 Å². The second-order valence-corrected chi connectivity index (χ2v) is 12.4. The Bertz CT molecular complexity index is 2280. The van der Waals surface area contributed by atoms with Crippen LogP contribution < -0.4 is 24.4 Å². The number of alkyl halides is 3. The number of benzene rings is 4. The summed E-state index contributed by atoms with van der Waals surface area (Å²) >= 11 is 4.19. The van der Waals surface area contributed by atoms with Crippen LogP contribution in [-0.4, -0.2) is 30.4 Å². The van der Waals surface area contributed by atoms with Gasteiger partial charge < -0.3 is 14.2 Å². The van der Waals surface area contributed by atoms with Crippen LogP contribution in [0.2, 0.25) is 0 Å². The van der Waals surface area contributed by atoms with Crippen LogP contribution in [0.3, 0.4) is 0 Å². The quantitative estimate of drug-likeness (QED) is 0.127. The number of methoxy groups -OCH3 is 1. The molecule has 0 spiro atoms. The first-order valence-electron chi connectivity index (χ1n) is 14.5. The molecule has 48 heavy (non-hydrogen) atoms. The molecule has 1 aliphatic rings. The summed E-state index contributed by atoms with van der Waals surface area (Å²) in [6.07, 6.45) is -3.55. The Labute approximate surface area is 283 Å². The second-order valence-electron chi connectivity index (χ2n) is 10.5. The molecule has 246 valence electrons. The van der Waals surface area contributed by atoms with E-state index < -0.39 is 40.8 Å². The van der Waals surface area contributed by atoms with Gasteiger partial charge in [0.05, 0.1) is 28.3 Å². The molecule has 2 heterocycles. The lowest BCUT2D eigenvalue weighted by Gasteiger charge is -2.28. The number of aromatic nitrogens is 1. The van der Waals surface area contributed by atoms with E-state index in [1.54, 1.807) is 72.8 Å². The van der Waals surface area contributed by atoms with Crippen molar-refractivity contribution in [2.75, 3.05) is 13.7 Å². The van der Waals surface area contributed by atoms with Crippen molar-refractivity contribution >= 4 is 50.1 Å². The molecule has 0 fully saturated rings. The van der Waals surface area contributed by atoms with E-state index in [9.17, 15) is 27.2 Å². The molecule has 4 aromatic carbocycles. The number of carbonyl (C=O) groups excluding carboxylic acids is 1. The van der Waals surface area contributed by atoms with Crippen molar-refractivity contribution in [1.29, 1.82) is 0 Å². The Hall–Kier alpha value is -4.75. The highest BCUT2D eigenvalue weighted by molar-refractivity contribution is 9.10. The number of nitrogens with zero attached hydrogens (tertiary/aromatic N) is 2. The van der Waals surface area contributed by atoms with Crippen molar-refractivity contribution in [2.24, 2.45) is 4.99 Å². The molecule has 0 amide bonds. The third kappa shape index (κ3) is 6.27. The number of thiazole rings is 1. The number of esters is 1. The van der Waals surface area contributed by atoms with E-state index in [0.29, 0.717) is 32.1 Å². The van der Waals surface area contributed by atoms with Gasteiger partial charge in [-0.05, 0) is 69.5 Å². The molecule has 0 aliphatic carbocycles. The van der Waals surface area contributed by atoms with Crippen molar-refractivity contribution in [1.82, 2.24) is 4.57 Å². The maximum Gasteiger partial charge on any atom is 0.434 e. The highest BCUT2D eigenvalue weighted by atomic mass is 79.9. The van der Waals surface area contributed by atoms with Crippen LogP contribution in [0.1, 0.15) is 29.7 Å². The van der Waals surface area contributed by atoms with Gasteiger partial charge in [-0.3, -0.25) is 9.36 Å². The molecule has 0 unspecified atom stereocenters. The van der Waals surface area contributed by atoms with Crippen LogP contribution >= 0.6 is 27.3 Å². The van der Waals surface area contributed by atoms with Crippen LogP contribution in [0.15, 0.2) is 104 Å². The first kappa shape index (κ1) is 33.2. The fraction of sp³-hybridized carbons (Fsp3) is 0.171. The average molecular weight is 742 g/mol. The summed E-state index contributed by atoms with van der Waals surface area (Å²) < 4.78 is 76.3. The molecule has 1 aromatic heterocycles. The number of fused-ring (bicyclic) bond motifs is 2. The number of hydrogen-bond acceptors (Lipinski definition) is 7. The minimum atomic E-state index is -5.06. The summed E-state index contributed by atoms with van der Waals surface area (Å²) in [5.74, 6) is -1.07. The Morgan fingerprint density at radius 1 is 1.04 bits per heavy atom. The summed E-state index contributed by atoms with van der Waals surface area (Å²) in [4.78, 5) is 31.2. The molecule has 0 saturated carbocycles. The van der Waals surface area contributed by atoms with Gasteiger partial charge in [0.1, 0.15) is 30.0 Å². The Morgan fingerprint density at radius 3 is 2.48 bits per heavy atom. The molecular weight excluding hydrogens is 716 g/mol. The predicted octanol–water partition coefficient (Wildman–Crippen LogP) is 6.98. The van der Waals surface area contributed by atoms with Gasteiger partial charge in [-0.25, -0.2) is 14.2 Å². The van der Waals surface area contributed by atoms with Crippen LogP contribution in [-0.2, 0) is 16.1 Å². The van der Waals surface area contributed by atoms with E-state index in [2.05, 4.69) is 20.9 Å². The van der Waals surface area contributed by atoms with E-state index in [-0.39, 0.29) is 33.9 Å². The third-order valence-corrected chi connectivity index (χ3v) is 9.22. The summed E-state index contributed by atoms with van der Waals surface area (Å²) in [7, 11) is 1.36. The van der Waals surface area contributed by atoms with Gasteiger partial charge in [0.2, 0.25) is 0 Å². The maximum absolute atomic E-state index is 14.7. The van der Waals surface area contributed by atoms with Crippen molar-refractivity contribution in [3.8, 4) is 11.5 Å². The number of rotatable bonds is 8. The molecule has 0 radical (unpaired) electrons. The topological polar surface area (TPSA) is 79.1 Å². The molecule has 0 N–H and O–H groups in total. The summed E-state index contributed by atoms with van der Waals surface area (Å²) in [5, 5.41) is 1.14. The lowest BCUT2D eigenvalue weighted by atomic mass is 9.90. The van der Waals surface area contributed by atoms with Gasteiger partial charge in [-0.15, -0.1) is 0 Å². The van der Waals surface area contributed by atoms with Gasteiger partial charge in [-0.1, -0.05) is 65.9 Å². The predicted molar refractivity (Wildman–Crippen MR) is 176 cm³/mol. The molecule has 0 saturated heterocycles. The summed E-state index contributed by atoms with van der Waals surface area (Å²) in [6.45, 7) is 1.25. The van der Waals surface area contributed by atoms with Gasteiger partial charge >= 0.3 is 12.1 Å². The van der Waals surface area contributed by atoms with Gasteiger partial charge in [0, 0.05) is 11.1 Å². The Balaban J connectivity index is 1.53. The van der Waals surface area contributed by atoms with Crippen LogP contribution in [0, 0.1) is 5.82 Å². The third-order valence-electron chi connectivity index (χ3n) is 7.61. The normalized spacial score (nSPS) is 14.9. The fourth-order valence-electron chi connectivity index (χ4n) is 5.50. The first-order valence-corrected chi connectivity index (χ1v) is 16.1. The zero-order valence-corrected chi connectivity index (χ0v) is 27.7. The van der Waals surface area contributed by atoms with Gasteiger partial charge in [0.15, 0.2) is 10.5 Å². The highest BCUT2D eigenvalue weighted by Gasteiger charge is 2.46. The molecule has 7 nitrogen and oxygen atoms in total. The minimum Gasteiger partial charge on any atom is -0.496 e. The fourth-order valence-corrected chi connectivity index (χ4v) is 7.01. The smallest absolute Gasteiger partial charge is 0.434 e. The Kier molecular flexibility index (Phi) is 9.26. The molecular formula is C35H25BrF4N2O5S. The number of allylic oxidation sites excluding steroid dienone is 1. The van der Waals surface area contributed by atoms with E-state index >= 15 is 0 Å². The van der Waals surface area contributed by atoms with E-state index in [4.69, 9.17) is 14.2 Å². The lowest BCUT2D eigenvalue weighted by Crippen LogP contribution is -2.41. The minimum absolute atomic E-state index is 0.0226. The molecule has 0 bridgehead atoms. The Morgan fingerprint density at radius 2 is 1.77 bits per heavy atom. The zero-order valence-electron chi connectivity index (χ0n) is 25.3. The van der Waals surface area contributed by atoms with Crippen molar-refractivity contribution in [2.45, 2.75) is 25.7 Å². The second kappa shape index (κ2) is 13.4. The first-order chi connectivity index (χ1) is 23.0. The highest BCUT2D eigenvalue weighted by Crippen LogP contribution is 2.43. The van der Waals surface area contributed by atoms with Crippen molar-refractivity contribution < 1.29 is 36.6 Å². The van der Waals surface area contributed by atoms with Crippen LogP contribution in [0.25, 0.3) is 16.8 Å². The summed E-state index contributed by atoms with van der Waals surface area (Å²) in [6, 6.07) is 19.8. The molecule has 1 atom stereocenters. The number of hydrogen-bond donors (Lipinski definition) is 0. The summed E-state index contributed by atoms with van der Waals surface area (Å²) in [5.41, 5.74) is -1.87. The van der Waals surface area contributed by atoms with E-state index in [1.165, 1.54) is 26.2 Å². The largest absolute Gasteiger partial charge is 0.496 e. The molecule has 13 heteroatoms. The SMILES string of the molecule is CCOC(=O)C1=C(C(F)(F)F)N=c2s/c(=C\c3ccc(OCc4ccccc4F)c(Br)c3)c(=O)n2[C@H]1c1c(OC)ccc2ccccc12. The number of ether oxygens (including phenoxy) is 3. The maximum atomic E-state index is 14.7. The van der Waals surface area contributed by atoms with Gasteiger partial charge in [-0.2, -0.15) is 13.2 Å². The number of carbonyl (C=O) groups is 1. The van der Waals surface area contributed by atoms with Crippen LogP contribution in [0.4, 0.5) is 17.6 Å². The standard InChI is InChI=1S/C35H25BrF4N2O5S/c1-3-46-33(44)29-30(28-22-10-6-4-8-20(22)13-15-26(28)45-2)42-32(43)27(48-34(42)41-31(29)35(38,39)40)17-19-12-14-25(23(36)16-19)47-18-21-9-5-7-11-24(21)37/h4-17,30H,3,18H2,1-2H3/b27-17-/t30-/m0/s1. The van der Waals surface area contributed by atoms with Crippen LogP contribution in [0.5, 0.6) is 11.5 Å². The molecule has 1 aliphatic heterocycles.